The van der Waals surface area contributed by atoms with E-state index in [0.717, 1.165) is 50.1 Å². The second-order valence-corrected chi connectivity index (χ2v) is 8.79. The van der Waals surface area contributed by atoms with Crippen LogP contribution in [0.5, 0.6) is 5.75 Å². The molecule has 0 fully saturated rings. The maximum atomic E-state index is 11.4. The molecule has 0 heterocycles. The maximum absolute atomic E-state index is 11.4. The Kier molecular flexibility index (Phi) is 10.3. The summed E-state index contributed by atoms with van der Waals surface area (Å²) >= 11 is 0. The molecule has 2 atom stereocenters. The molecule has 1 aromatic rings. The molecule has 0 aromatic heterocycles. The number of rotatable bonds is 14. The van der Waals surface area contributed by atoms with Crippen molar-refractivity contribution < 1.29 is 14.3 Å². The van der Waals surface area contributed by atoms with Gasteiger partial charge in [0, 0.05) is 18.4 Å². The fourth-order valence-electron chi connectivity index (χ4n) is 4.86. The summed E-state index contributed by atoms with van der Waals surface area (Å²) < 4.78 is 11.7. The van der Waals surface area contributed by atoms with Gasteiger partial charge in [0.05, 0.1) is 13.2 Å². The van der Waals surface area contributed by atoms with E-state index in [4.69, 9.17) is 9.47 Å². The van der Waals surface area contributed by atoms with Crippen LogP contribution in [0.25, 0.3) is 0 Å². The van der Waals surface area contributed by atoms with Gasteiger partial charge in [-0.15, -0.1) is 0 Å². The Balaban J connectivity index is 1.97. The van der Waals surface area contributed by atoms with Crippen LogP contribution in [0, 0.1) is 17.3 Å². The van der Waals surface area contributed by atoms with Crippen LogP contribution in [0.4, 0.5) is 0 Å². The monoisotopic (exact) mass is 427 g/mol. The van der Waals surface area contributed by atoms with E-state index >= 15 is 0 Å². The second-order valence-electron chi connectivity index (χ2n) is 8.79. The van der Waals surface area contributed by atoms with Crippen LogP contribution in [-0.4, -0.2) is 44.5 Å². The van der Waals surface area contributed by atoms with Gasteiger partial charge in [-0.25, -0.2) is 0 Å². The number of aldehydes is 1. The molecule has 172 valence electrons. The van der Waals surface area contributed by atoms with E-state index in [1.54, 1.807) is 0 Å². The summed E-state index contributed by atoms with van der Waals surface area (Å²) in [5.74, 6) is 2.59. The van der Waals surface area contributed by atoms with E-state index in [9.17, 15) is 4.79 Å². The molecule has 0 bridgehead atoms. The fourth-order valence-corrected chi connectivity index (χ4v) is 4.86. The number of hydrogen-bond acceptors (Lipinski definition) is 4. The smallest absolute Gasteiger partial charge is 0.120 e. The van der Waals surface area contributed by atoms with Crippen molar-refractivity contribution in [3.8, 4) is 5.75 Å². The van der Waals surface area contributed by atoms with Gasteiger partial charge in [-0.1, -0.05) is 38.1 Å². The molecule has 0 radical (unpaired) electrons. The summed E-state index contributed by atoms with van der Waals surface area (Å²) in [4.78, 5) is 13.8. The van der Waals surface area contributed by atoms with Gasteiger partial charge in [0.15, 0.2) is 0 Å². The summed E-state index contributed by atoms with van der Waals surface area (Å²) in [5.41, 5.74) is 1.19. The minimum Gasteiger partial charge on any atom is -0.498 e. The van der Waals surface area contributed by atoms with Gasteiger partial charge < -0.3 is 19.2 Å². The van der Waals surface area contributed by atoms with Crippen LogP contribution in [0.1, 0.15) is 52.5 Å². The van der Waals surface area contributed by atoms with Crippen molar-refractivity contribution in [2.75, 3.05) is 33.4 Å². The molecule has 0 spiro atoms. The zero-order valence-electron chi connectivity index (χ0n) is 20.1. The summed E-state index contributed by atoms with van der Waals surface area (Å²) in [5, 5.41) is 0. The average Bonchev–Trinajstić information content (AvgIpc) is 2.75. The number of carbonyl (C=O) groups is 1. The Labute approximate surface area is 189 Å². The van der Waals surface area contributed by atoms with E-state index in [0.29, 0.717) is 25.6 Å². The quantitative estimate of drug-likeness (QED) is 0.358. The van der Waals surface area contributed by atoms with Crippen molar-refractivity contribution in [3.05, 3.63) is 53.8 Å². The van der Waals surface area contributed by atoms with Gasteiger partial charge >= 0.3 is 0 Å². The Bertz CT molecular complexity index is 740. The zero-order valence-corrected chi connectivity index (χ0v) is 20.1. The van der Waals surface area contributed by atoms with Crippen LogP contribution in [0.3, 0.4) is 0 Å². The number of hydrogen-bond donors (Lipinski definition) is 0. The van der Waals surface area contributed by atoms with Gasteiger partial charge in [0.2, 0.25) is 0 Å². The third kappa shape index (κ3) is 6.70. The highest BCUT2D eigenvalue weighted by molar-refractivity contribution is 5.51. The van der Waals surface area contributed by atoms with Crippen molar-refractivity contribution in [1.29, 1.82) is 0 Å². The molecule has 1 aliphatic carbocycles. The first-order valence-electron chi connectivity index (χ1n) is 11.8. The normalized spacial score (nSPS) is 20.7. The van der Waals surface area contributed by atoms with E-state index in [1.807, 2.05) is 19.9 Å². The van der Waals surface area contributed by atoms with Gasteiger partial charge in [-0.2, -0.15) is 0 Å². The molecule has 0 aliphatic heterocycles. The molecule has 0 saturated carbocycles. The third-order valence-corrected chi connectivity index (χ3v) is 6.51. The topological polar surface area (TPSA) is 38.8 Å². The Morgan fingerprint density at radius 3 is 2.61 bits per heavy atom. The molecule has 0 N–H and O–H groups in total. The predicted molar refractivity (Wildman–Crippen MR) is 128 cm³/mol. The van der Waals surface area contributed by atoms with E-state index in [2.05, 4.69) is 62.2 Å². The summed E-state index contributed by atoms with van der Waals surface area (Å²) in [6.07, 6.45) is 11.1. The van der Waals surface area contributed by atoms with Crippen LogP contribution in [0.2, 0.25) is 0 Å². The molecule has 0 saturated heterocycles. The van der Waals surface area contributed by atoms with Gasteiger partial charge in [-0.3, -0.25) is 0 Å². The van der Waals surface area contributed by atoms with E-state index in [1.165, 1.54) is 5.56 Å². The van der Waals surface area contributed by atoms with Crippen molar-refractivity contribution in [3.63, 3.8) is 0 Å². The maximum Gasteiger partial charge on any atom is 0.120 e. The first kappa shape index (κ1) is 25.2. The molecule has 1 aliphatic rings. The molecule has 4 heteroatoms. The molecule has 1 aromatic carbocycles. The van der Waals surface area contributed by atoms with Crippen molar-refractivity contribution in [1.82, 2.24) is 4.90 Å². The first-order chi connectivity index (χ1) is 15.0. The van der Waals surface area contributed by atoms with Crippen LogP contribution in [-0.2, 0) is 16.0 Å². The standard InChI is InChI=1S/C27H41NO3/c1-6-30-25-13-8-11-23(21-25)15-19-28(5)18-10-17-27(22(3)4)24(16-20-29)12-9-14-26(27)31-7-2/h8-9,11-14,20-22,24H,6-7,10,15-19H2,1-5H3. The zero-order chi connectivity index (χ0) is 22.7. The lowest BCUT2D eigenvalue weighted by atomic mass is 9.61. The molecule has 31 heavy (non-hydrogen) atoms. The highest BCUT2D eigenvalue weighted by Gasteiger charge is 2.45. The predicted octanol–water partition coefficient (Wildman–Crippen LogP) is 5.68. The van der Waals surface area contributed by atoms with Gasteiger partial charge in [0.1, 0.15) is 17.8 Å². The molecule has 4 nitrogen and oxygen atoms in total. The summed E-state index contributed by atoms with van der Waals surface area (Å²) in [6.45, 7) is 12.0. The SMILES string of the molecule is CCOC1=CC=CC(CC=O)C1(CCCN(C)CCc1cccc(OCC)c1)C(C)C. The second kappa shape index (κ2) is 12.7. The number of allylic oxidation sites excluding steroid dienone is 4. The Hall–Kier alpha value is -2.07. The minimum atomic E-state index is -0.113. The molecule has 2 unspecified atom stereocenters. The minimum absolute atomic E-state index is 0.113. The Morgan fingerprint density at radius 2 is 1.94 bits per heavy atom. The van der Waals surface area contributed by atoms with Crippen molar-refractivity contribution in [2.24, 2.45) is 17.3 Å². The summed E-state index contributed by atoms with van der Waals surface area (Å²) in [7, 11) is 2.19. The number of benzene rings is 1. The molecule has 2 rings (SSSR count). The highest BCUT2D eigenvalue weighted by Crippen LogP contribution is 2.50. The van der Waals surface area contributed by atoms with Gasteiger partial charge in [-0.05, 0) is 82.3 Å². The fraction of sp³-hybridized carbons (Fsp3) is 0.593. The summed E-state index contributed by atoms with van der Waals surface area (Å²) in [6, 6.07) is 8.39. The number of nitrogens with zero attached hydrogens (tertiary/aromatic N) is 1. The first-order valence-corrected chi connectivity index (χ1v) is 11.8. The third-order valence-electron chi connectivity index (χ3n) is 6.51. The average molecular weight is 428 g/mol. The number of carbonyl (C=O) groups excluding carboxylic acids is 1. The number of ether oxygens (including phenoxy) is 2. The lowest BCUT2D eigenvalue weighted by Gasteiger charge is -2.45. The molecule has 0 amide bonds. The van der Waals surface area contributed by atoms with Crippen molar-refractivity contribution >= 4 is 6.29 Å². The van der Waals surface area contributed by atoms with Crippen LogP contribution < -0.4 is 4.74 Å². The molecular formula is C27H41NO3. The van der Waals surface area contributed by atoms with Crippen molar-refractivity contribution in [2.45, 2.75) is 53.4 Å². The van der Waals surface area contributed by atoms with Crippen LogP contribution >= 0.6 is 0 Å². The molecular weight excluding hydrogens is 386 g/mol. The van der Waals surface area contributed by atoms with E-state index < -0.39 is 0 Å². The lowest BCUT2D eigenvalue weighted by molar-refractivity contribution is -0.109. The Morgan fingerprint density at radius 1 is 1.16 bits per heavy atom. The highest BCUT2D eigenvalue weighted by atomic mass is 16.5. The van der Waals surface area contributed by atoms with Gasteiger partial charge in [0.25, 0.3) is 0 Å². The number of likely N-dealkylation sites (N-methyl/N-ethyl adjacent to an activating group) is 1. The lowest BCUT2D eigenvalue weighted by Crippen LogP contribution is -2.40. The van der Waals surface area contributed by atoms with E-state index in [-0.39, 0.29) is 11.3 Å². The van der Waals surface area contributed by atoms with Crippen LogP contribution in [0.15, 0.2) is 48.3 Å². The largest absolute Gasteiger partial charge is 0.498 e.